The summed E-state index contributed by atoms with van der Waals surface area (Å²) in [6.45, 7) is 7.90. The molecule has 0 saturated carbocycles. The Hall–Kier alpha value is -2.82. The van der Waals surface area contributed by atoms with Crippen LogP contribution in [0.2, 0.25) is 0 Å². The zero-order valence-electron chi connectivity index (χ0n) is 24.6. The molecular weight excluding hydrogens is 564 g/mol. The smallest absolute Gasteiger partial charge is 1.00 e. The molecule has 1 heterocycles. The Morgan fingerprint density at radius 3 is 2.27 bits per heavy atom. The molecule has 3 aromatic carbocycles. The summed E-state index contributed by atoms with van der Waals surface area (Å²) in [5.74, 6) is -0.192. The summed E-state index contributed by atoms with van der Waals surface area (Å²) in [5, 5.41) is 0.652. The second-order valence-electron chi connectivity index (χ2n) is 9.98. The molecule has 0 N–H and O–H groups in total. The second kappa shape index (κ2) is 13.7. The Morgan fingerprint density at radius 2 is 1.65 bits per heavy atom. The highest BCUT2D eigenvalue weighted by atomic mass is 35.5. The number of amides is 1. The van der Waals surface area contributed by atoms with Crippen molar-refractivity contribution in [1.82, 2.24) is 14.2 Å². The first kappa shape index (κ1) is 31.7. The van der Waals surface area contributed by atoms with Crippen molar-refractivity contribution in [3.63, 3.8) is 0 Å². The van der Waals surface area contributed by atoms with Gasteiger partial charge in [0, 0.05) is 25.2 Å². The van der Waals surface area contributed by atoms with Crippen LogP contribution in [0.4, 0.5) is 5.13 Å². The van der Waals surface area contributed by atoms with Gasteiger partial charge in [-0.25, -0.2) is 13.4 Å². The molecule has 1 amide bonds. The fourth-order valence-electron chi connectivity index (χ4n) is 4.54. The maximum atomic E-state index is 13.8. The zero-order valence-corrected chi connectivity index (χ0v) is 26.0. The Morgan fingerprint density at radius 1 is 0.975 bits per heavy atom. The van der Waals surface area contributed by atoms with Crippen molar-refractivity contribution in [1.29, 1.82) is 0 Å². The zero-order chi connectivity index (χ0) is 28.2. The Balaban J connectivity index is 0.00000294. The SMILES string of the molecule is CCN(Cc1ccccc1)S(=O)(=O)c1ccc(C(=O)N(CCCN(C)C)c2nc3cc(C)cc(C)c3s2)cc1.[Cl-].[H+]. The molecule has 214 valence electrons. The van der Waals surface area contributed by atoms with Crippen molar-refractivity contribution in [2.45, 2.75) is 38.6 Å². The molecule has 40 heavy (non-hydrogen) atoms. The predicted molar refractivity (Wildman–Crippen MR) is 161 cm³/mol. The minimum Gasteiger partial charge on any atom is -1.00 e. The van der Waals surface area contributed by atoms with E-state index in [1.807, 2.05) is 64.3 Å². The quantitative estimate of drug-likeness (QED) is 0.265. The molecule has 0 radical (unpaired) electrons. The number of hydrogen-bond acceptors (Lipinski definition) is 6. The van der Waals surface area contributed by atoms with Crippen LogP contribution in [0.3, 0.4) is 0 Å². The molecule has 4 rings (SSSR count). The van der Waals surface area contributed by atoms with Crippen LogP contribution in [-0.4, -0.2) is 62.2 Å². The van der Waals surface area contributed by atoms with Crippen LogP contribution in [0.5, 0.6) is 0 Å². The summed E-state index contributed by atoms with van der Waals surface area (Å²) in [6, 6.07) is 20.0. The number of thiazole rings is 1. The van der Waals surface area contributed by atoms with Crippen LogP contribution in [0.1, 0.15) is 41.8 Å². The number of rotatable bonds is 11. The van der Waals surface area contributed by atoms with Gasteiger partial charge in [0.05, 0.1) is 15.1 Å². The standard InChI is InChI=1S/C30H36N4O3S2.ClH/c1-6-33(21-24-11-8-7-9-12-24)39(36,37)26-15-13-25(14-16-26)29(35)34(18-10-17-32(4)5)30-31-27-20-22(2)19-23(3)28(27)38-30;/h7-9,11-16,19-20H,6,10,17-18,21H2,1-5H3;1H. The third kappa shape index (κ3) is 7.27. The molecule has 0 bridgehead atoms. The van der Waals surface area contributed by atoms with Gasteiger partial charge < -0.3 is 17.3 Å². The number of aryl methyl sites for hydroxylation is 2. The highest BCUT2D eigenvalue weighted by molar-refractivity contribution is 7.89. The number of aromatic nitrogens is 1. The second-order valence-corrected chi connectivity index (χ2v) is 12.9. The lowest BCUT2D eigenvalue weighted by Gasteiger charge is -2.22. The molecule has 0 unspecified atom stereocenters. The van der Waals surface area contributed by atoms with Crippen molar-refractivity contribution in [3.8, 4) is 0 Å². The van der Waals surface area contributed by atoms with Gasteiger partial charge in [0.1, 0.15) is 0 Å². The number of nitrogens with zero attached hydrogens (tertiary/aromatic N) is 4. The van der Waals surface area contributed by atoms with Gasteiger partial charge in [0.15, 0.2) is 5.13 Å². The molecule has 0 saturated heterocycles. The number of anilines is 1. The number of carbonyl (C=O) groups excluding carboxylic acids is 1. The third-order valence-electron chi connectivity index (χ3n) is 6.57. The van der Waals surface area contributed by atoms with Gasteiger partial charge in [-0.15, -0.1) is 0 Å². The van der Waals surface area contributed by atoms with Crippen molar-refractivity contribution in [3.05, 3.63) is 89.0 Å². The highest BCUT2D eigenvalue weighted by Crippen LogP contribution is 2.33. The minimum atomic E-state index is -3.72. The molecule has 1 aromatic heterocycles. The van der Waals surface area contributed by atoms with Crippen LogP contribution in [0.25, 0.3) is 10.2 Å². The van der Waals surface area contributed by atoms with Gasteiger partial charge in [-0.3, -0.25) is 9.69 Å². The van der Waals surface area contributed by atoms with E-state index in [4.69, 9.17) is 4.98 Å². The molecular formula is C30H37ClN4O3S2. The Bertz CT molecular complexity index is 1550. The average Bonchev–Trinajstić information content (AvgIpc) is 3.34. The number of benzene rings is 3. The molecule has 10 heteroatoms. The maximum absolute atomic E-state index is 13.8. The lowest BCUT2D eigenvalue weighted by Crippen LogP contribution is -3.00. The summed E-state index contributed by atoms with van der Waals surface area (Å²) >= 11 is 1.52. The van der Waals surface area contributed by atoms with Crippen molar-refractivity contribution >= 4 is 42.6 Å². The summed E-state index contributed by atoms with van der Waals surface area (Å²) in [7, 11) is 0.291. The Labute approximate surface area is 249 Å². The van der Waals surface area contributed by atoms with Crippen LogP contribution in [0.15, 0.2) is 71.6 Å². The molecule has 0 fully saturated rings. The monoisotopic (exact) mass is 600 g/mol. The summed E-state index contributed by atoms with van der Waals surface area (Å²) in [6.07, 6.45) is 0.782. The Kier molecular flexibility index (Phi) is 10.9. The number of fused-ring (bicyclic) bond motifs is 1. The normalized spacial score (nSPS) is 11.7. The average molecular weight is 601 g/mol. The summed E-state index contributed by atoms with van der Waals surface area (Å²) in [5.41, 5.74) is 4.51. The van der Waals surface area contributed by atoms with E-state index in [1.165, 1.54) is 27.8 Å². The van der Waals surface area contributed by atoms with Crippen molar-refractivity contribution in [2.75, 3.05) is 38.6 Å². The topological polar surface area (TPSA) is 73.8 Å². The number of hydrogen-bond donors (Lipinski definition) is 0. The summed E-state index contributed by atoms with van der Waals surface area (Å²) in [4.78, 5) is 22.6. The van der Waals surface area contributed by atoms with Gasteiger partial charge in [-0.1, -0.05) is 54.7 Å². The number of sulfonamides is 1. The van der Waals surface area contributed by atoms with E-state index in [0.29, 0.717) is 23.8 Å². The third-order valence-corrected chi connectivity index (χ3v) is 9.73. The molecule has 0 aliphatic rings. The first-order valence-electron chi connectivity index (χ1n) is 13.1. The van der Waals surface area contributed by atoms with E-state index in [1.54, 1.807) is 17.0 Å². The van der Waals surface area contributed by atoms with E-state index in [2.05, 4.69) is 17.9 Å². The first-order valence-corrected chi connectivity index (χ1v) is 15.3. The van der Waals surface area contributed by atoms with E-state index in [9.17, 15) is 13.2 Å². The van der Waals surface area contributed by atoms with E-state index >= 15 is 0 Å². The molecule has 0 spiro atoms. The van der Waals surface area contributed by atoms with Gasteiger partial charge in [-0.05, 0) is 87.9 Å². The predicted octanol–water partition coefficient (Wildman–Crippen LogP) is 2.84. The van der Waals surface area contributed by atoms with Crippen LogP contribution in [-0.2, 0) is 16.6 Å². The van der Waals surface area contributed by atoms with Crippen molar-refractivity contribution < 1.29 is 27.0 Å². The first-order chi connectivity index (χ1) is 18.6. The lowest BCUT2D eigenvalue weighted by atomic mass is 10.1. The van der Waals surface area contributed by atoms with Gasteiger partial charge in [-0.2, -0.15) is 4.31 Å². The molecule has 0 atom stereocenters. The fraction of sp³-hybridized carbons (Fsp3) is 0.333. The van der Waals surface area contributed by atoms with E-state index in [0.717, 1.165) is 39.9 Å². The molecule has 4 aromatic rings. The largest absolute Gasteiger partial charge is 1.00 e. The maximum Gasteiger partial charge on any atom is 1.00 e. The number of halogens is 1. The van der Waals surface area contributed by atoms with Crippen LogP contribution >= 0.6 is 11.3 Å². The van der Waals surface area contributed by atoms with Gasteiger partial charge in [0.2, 0.25) is 10.0 Å². The molecule has 0 aliphatic heterocycles. The van der Waals surface area contributed by atoms with Crippen molar-refractivity contribution in [2.24, 2.45) is 0 Å². The van der Waals surface area contributed by atoms with Gasteiger partial charge >= 0.3 is 1.43 Å². The van der Waals surface area contributed by atoms with E-state index in [-0.39, 0.29) is 31.2 Å². The molecule has 7 nitrogen and oxygen atoms in total. The fourth-order valence-corrected chi connectivity index (χ4v) is 7.01. The molecule has 0 aliphatic carbocycles. The van der Waals surface area contributed by atoms with Crippen LogP contribution < -0.4 is 17.3 Å². The van der Waals surface area contributed by atoms with E-state index < -0.39 is 10.0 Å². The minimum absolute atomic E-state index is 0. The number of carbonyl (C=O) groups is 1. The summed E-state index contributed by atoms with van der Waals surface area (Å²) < 4.78 is 29.3. The lowest BCUT2D eigenvalue weighted by molar-refractivity contribution is -0.0000182. The van der Waals surface area contributed by atoms with Gasteiger partial charge in [0.25, 0.3) is 5.91 Å². The van der Waals surface area contributed by atoms with Crippen LogP contribution in [0, 0.1) is 13.8 Å². The highest BCUT2D eigenvalue weighted by Gasteiger charge is 2.25.